The number of hydrogen-bond donors (Lipinski definition) is 2. The Morgan fingerprint density at radius 3 is 2.48 bits per heavy atom. The predicted molar refractivity (Wildman–Crippen MR) is 98.5 cm³/mol. The number of carboxylic acid groups (broad SMARTS) is 1. The lowest BCUT2D eigenvalue weighted by Gasteiger charge is -2.42. The maximum Gasteiger partial charge on any atom is 0.407 e. The molecule has 0 spiro atoms. The van der Waals surface area contributed by atoms with Crippen LogP contribution in [0, 0.1) is 0 Å². The molecule has 0 atom stereocenters. The summed E-state index contributed by atoms with van der Waals surface area (Å²) in [5.74, 6) is 0. The minimum atomic E-state index is -0.880. The van der Waals surface area contributed by atoms with Gasteiger partial charge in [-0.15, -0.1) is 0 Å². The number of rotatable bonds is 2. The van der Waals surface area contributed by atoms with Crippen LogP contribution in [0.2, 0.25) is 5.02 Å². The Balaban J connectivity index is 1.82. The number of fused-ring (bicyclic) bond motifs is 1. The highest BCUT2D eigenvalue weighted by Crippen LogP contribution is 2.34. The Kier molecular flexibility index (Phi) is 4.58. The van der Waals surface area contributed by atoms with E-state index in [2.05, 4.69) is 4.98 Å². The van der Waals surface area contributed by atoms with E-state index in [1.165, 1.54) is 0 Å². The molecule has 1 heterocycles. The second kappa shape index (κ2) is 6.41. The van der Waals surface area contributed by atoms with Crippen LogP contribution in [0.4, 0.5) is 4.79 Å². The highest BCUT2D eigenvalue weighted by atomic mass is 35.5. The van der Waals surface area contributed by atoms with Crippen molar-refractivity contribution >= 4 is 28.7 Å². The van der Waals surface area contributed by atoms with Crippen molar-refractivity contribution in [1.29, 1.82) is 0 Å². The van der Waals surface area contributed by atoms with Gasteiger partial charge in [-0.05, 0) is 64.7 Å². The molecule has 1 amide bonds. The Bertz CT molecular complexity index is 841. The van der Waals surface area contributed by atoms with Gasteiger partial charge in [-0.25, -0.2) is 9.59 Å². The molecule has 0 aliphatic heterocycles. The zero-order valence-corrected chi connectivity index (χ0v) is 15.5. The van der Waals surface area contributed by atoms with Gasteiger partial charge in [-0.3, -0.25) is 4.57 Å². The van der Waals surface area contributed by atoms with E-state index >= 15 is 0 Å². The molecule has 0 bridgehead atoms. The number of nitrogens with one attached hydrogen (secondary N) is 1. The van der Waals surface area contributed by atoms with Crippen molar-refractivity contribution in [3.8, 4) is 0 Å². The second-order valence-corrected chi connectivity index (χ2v) is 8.18. The van der Waals surface area contributed by atoms with Crippen molar-refractivity contribution in [3.63, 3.8) is 0 Å². The quantitative estimate of drug-likeness (QED) is 0.835. The Labute approximate surface area is 151 Å². The van der Waals surface area contributed by atoms with Crippen LogP contribution in [0.1, 0.15) is 52.5 Å². The molecule has 0 unspecified atom stereocenters. The zero-order valence-electron chi connectivity index (χ0n) is 14.8. The average Bonchev–Trinajstić information content (AvgIpc) is 2.81. The SMILES string of the molecule is CC(C)(C)N(C(=O)O)C1CCC(n2c(=O)[nH]c3cc(Cl)ccc32)CC1. The van der Waals surface area contributed by atoms with Crippen molar-refractivity contribution in [2.24, 2.45) is 0 Å². The topological polar surface area (TPSA) is 78.3 Å². The first kappa shape index (κ1) is 17.9. The average molecular weight is 366 g/mol. The van der Waals surface area contributed by atoms with Crippen molar-refractivity contribution in [2.75, 3.05) is 0 Å². The van der Waals surface area contributed by atoms with Gasteiger partial charge < -0.3 is 15.0 Å². The van der Waals surface area contributed by atoms with Crippen LogP contribution in [0.5, 0.6) is 0 Å². The molecule has 1 aromatic heterocycles. The van der Waals surface area contributed by atoms with E-state index in [0.717, 1.165) is 36.7 Å². The summed E-state index contributed by atoms with van der Waals surface area (Å²) >= 11 is 6.00. The van der Waals surface area contributed by atoms with E-state index in [4.69, 9.17) is 11.6 Å². The summed E-state index contributed by atoms with van der Waals surface area (Å²) in [5, 5.41) is 10.2. The monoisotopic (exact) mass is 365 g/mol. The molecule has 25 heavy (non-hydrogen) atoms. The molecule has 0 saturated heterocycles. The Morgan fingerprint density at radius 2 is 1.92 bits per heavy atom. The fraction of sp³-hybridized carbons (Fsp3) is 0.556. The molecular weight excluding hydrogens is 342 g/mol. The molecule has 1 aliphatic carbocycles. The summed E-state index contributed by atoms with van der Waals surface area (Å²) < 4.78 is 1.80. The molecule has 2 N–H and O–H groups in total. The molecule has 1 saturated carbocycles. The second-order valence-electron chi connectivity index (χ2n) is 7.75. The Morgan fingerprint density at radius 1 is 1.28 bits per heavy atom. The third kappa shape index (κ3) is 3.40. The first-order valence-electron chi connectivity index (χ1n) is 8.60. The van der Waals surface area contributed by atoms with Gasteiger partial charge in [0.05, 0.1) is 11.0 Å². The first-order chi connectivity index (χ1) is 11.7. The molecule has 3 rings (SSSR count). The van der Waals surface area contributed by atoms with Gasteiger partial charge in [0.15, 0.2) is 0 Å². The highest BCUT2D eigenvalue weighted by molar-refractivity contribution is 6.31. The number of nitrogens with zero attached hydrogens (tertiary/aromatic N) is 2. The molecular formula is C18H24ClN3O3. The van der Waals surface area contributed by atoms with Gasteiger partial charge in [0.1, 0.15) is 0 Å². The third-order valence-electron chi connectivity index (χ3n) is 5.00. The summed E-state index contributed by atoms with van der Waals surface area (Å²) in [6, 6.07) is 5.47. The number of amides is 1. The van der Waals surface area contributed by atoms with Crippen LogP contribution in [0.3, 0.4) is 0 Å². The summed E-state index contributed by atoms with van der Waals surface area (Å²) in [4.78, 5) is 28.5. The summed E-state index contributed by atoms with van der Waals surface area (Å²) in [6.45, 7) is 5.75. The molecule has 7 heteroatoms. The van der Waals surface area contributed by atoms with Crippen molar-refractivity contribution < 1.29 is 9.90 Å². The van der Waals surface area contributed by atoms with E-state index in [1.807, 2.05) is 26.8 Å². The number of carbonyl (C=O) groups is 1. The predicted octanol–water partition coefficient (Wildman–Crippen LogP) is 4.25. The highest BCUT2D eigenvalue weighted by Gasteiger charge is 2.36. The molecule has 1 aliphatic rings. The standard InChI is InChI=1S/C18H24ClN3O3/c1-18(2,3)22(17(24)25)13-7-5-12(6-8-13)21-15-9-4-11(19)10-14(15)20-16(21)23/h4,9-10,12-13H,5-8H2,1-3H3,(H,20,23)(H,24,25). The van der Waals surface area contributed by atoms with E-state index < -0.39 is 11.6 Å². The first-order valence-corrected chi connectivity index (χ1v) is 8.98. The van der Waals surface area contributed by atoms with Crippen LogP contribution < -0.4 is 5.69 Å². The lowest BCUT2D eigenvalue weighted by atomic mass is 9.88. The summed E-state index contributed by atoms with van der Waals surface area (Å²) in [6.07, 6.45) is 2.18. The lowest BCUT2D eigenvalue weighted by Crippen LogP contribution is -2.52. The minimum absolute atomic E-state index is 0.0101. The molecule has 1 aromatic carbocycles. The lowest BCUT2D eigenvalue weighted by molar-refractivity contribution is 0.0512. The van der Waals surface area contributed by atoms with Gasteiger partial charge >= 0.3 is 11.8 Å². The van der Waals surface area contributed by atoms with Gasteiger partial charge in [0, 0.05) is 22.6 Å². The fourth-order valence-electron chi connectivity index (χ4n) is 4.03. The van der Waals surface area contributed by atoms with Gasteiger partial charge in [-0.1, -0.05) is 11.6 Å². The number of aromatic nitrogens is 2. The smallest absolute Gasteiger partial charge is 0.407 e. The fourth-order valence-corrected chi connectivity index (χ4v) is 4.20. The van der Waals surface area contributed by atoms with Gasteiger partial charge in [0.2, 0.25) is 0 Å². The number of halogens is 1. The molecule has 1 fully saturated rings. The third-order valence-corrected chi connectivity index (χ3v) is 5.24. The van der Waals surface area contributed by atoms with Crippen LogP contribution in [-0.2, 0) is 0 Å². The zero-order chi connectivity index (χ0) is 18.4. The summed E-state index contributed by atoms with van der Waals surface area (Å²) in [5.41, 5.74) is 1.02. The number of imidazole rings is 1. The number of hydrogen-bond acceptors (Lipinski definition) is 2. The van der Waals surface area contributed by atoms with E-state index in [0.29, 0.717) is 5.02 Å². The van der Waals surface area contributed by atoms with E-state index in [-0.39, 0.29) is 17.8 Å². The molecule has 0 radical (unpaired) electrons. The maximum absolute atomic E-state index is 12.4. The Hall–Kier alpha value is -1.95. The minimum Gasteiger partial charge on any atom is -0.465 e. The van der Waals surface area contributed by atoms with E-state index in [1.54, 1.807) is 21.6 Å². The van der Waals surface area contributed by atoms with E-state index in [9.17, 15) is 14.7 Å². The normalized spacial score (nSPS) is 21.4. The number of benzene rings is 1. The molecule has 6 nitrogen and oxygen atoms in total. The maximum atomic E-state index is 12.4. The summed E-state index contributed by atoms with van der Waals surface area (Å²) in [7, 11) is 0. The largest absolute Gasteiger partial charge is 0.465 e. The molecule has 136 valence electrons. The van der Waals surface area contributed by atoms with Gasteiger partial charge in [-0.2, -0.15) is 0 Å². The van der Waals surface area contributed by atoms with Crippen molar-refractivity contribution in [1.82, 2.24) is 14.5 Å². The van der Waals surface area contributed by atoms with Crippen molar-refractivity contribution in [2.45, 2.75) is 64.1 Å². The van der Waals surface area contributed by atoms with Crippen LogP contribution in [0.15, 0.2) is 23.0 Å². The van der Waals surface area contributed by atoms with Crippen LogP contribution in [0.25, 0.3) is 11.0 Å². The van der Waals surface area contributed by atoms with Gasteiger partial charge in [0.25, 0.3) is 0 Å². The molecule has 2 aromatic rings. The number of H-pyrrole nitrogens is 1. The van der Waals surface area contributed by atoms with Crippen LogP contribution in [-0.4, -0.2) is 37.2 Å². The van der Waals surface area contributed by atoms with Crippen LogP contribution >= 0.6 is 11.6 Å². The number of aromatic amines is 1. The van der Waals surface area contributed by atoms with Crippen molar-refractivity contribution in [3.05, 3.63) is 33.7 Å².